The van der Waals surface area contributed by atoms with E-state index in [0.29, 0.717) is 0 Å². The van der Waals surface area contributed by atoms with Gasteiger partial charge in [-0.3, -0.25) is 10.9 Å². The van der Waals surface area contributed by atoms with E-state index in [1.165, 1.54) is 10.0 Å². The van der Waals surface area contributed by atoms with Crippen LogP contribution in [0.5, 0.6) is 0 Å². The lowest BCUT2D eigenvalue weighted by Gasteiger charge is -2.15. The quantitative estimate of drug-likeness (QED) is 0.341. The summed E-state index contributed by atoms with van der Waals surface area (Å²) in [4.78, 5) is 22.0. The van der Waals surface area contributed by atoms with Crippen LogP contribution in [0.1, 0.15) is 0 Å². The fraction of sp³-hybridized carbons (Fsp3) is 0.714. The van der Waals surface area contributed by atoms with Gasteiger partial charge >= 0.3 is 12.1 Å². The molecule has 0 saturated carbocycles. The predicted molar refractivity (Wildman–Crippen MR) is 55.6 cm³/mol. The van der Waals surface area contributed by atoms with Crippen LogP contribution >= 0.6 is 0 Å². The molecule has 4 amide bonds. The molecule has 0 aliphatic heterocycles. The van der Waals surface area contributed by atoms with Gasteiger partial charge in [0.05, 0.1) is 6.67 Å². The lowest BCUT2D eigenvalue weighted by atomic mass is 10.8. The Balaban J connectivity index is 3.53. The molecule has 0 heterocycles. The average Bonchev–Trinajstić information content (AvgIpc) is 2.00. The van der Waals surface area contributed by atoms with Crippen molar-refractivity contribution < 1.29 is 9.59 Å². The van der Waals surface area contributed by atoms with Crippen molar-refractivity contribution in [3.63, 3.8) is 0 Å². The number of amides is 4. The Morgan fingerprint density at radius 1 is 0.867 bits per heavy atom. The van der Waals surface area contributed by atoms with E-state index >= 15 is 0 Å². The molecule has 4 N–H and O–H groups in total. The second-order valence-electron chi connectivity index (χ2n) is 3.20. The highest BCUT2D eigenvalue weighted by Crippen LogP contribution is 1.68. The van der Waals surface area contributed by atoms with Crippen molar-refractivity contribution in [2.45, 2.75) is 0 Å². The van der Waals surface area contributed by atoms with Crippen LogP contribution in [0.3, 0.4) is 0 Å². The minimum Gasteiger partial charge on any atom is -0.320 e. The summed E-state index contributed by atoms with van der Waals surface area (Å²) in [6, 6.07) is -0.768. The van der Waals surface area contributed by atoms with E-state index in [2.05, 4.69) is 21.5 Å². The zero-order chi connectivity index (χ0) is 11.8. The van der Waals surface area contributed by atoms with E-state index in [-0.39, 0.29) is 18.7 Å². The van der Waals surface area contributed by atoms with E-state index < -0.39 is 0 Å². The maximum atomic E-state index is 11.0. The van der Waals surface area contributed by atoms with Crippen LogP contribution in [0.15, 0.2) is 0 Å². The molecule has 0 aromatic rings. The first-order valence-corrected chi connectivity index (χ1v) is 4.35. The Hall–Kier alpha value is -1.54. The van der Waals surface area contributed by atoms with E-state index in [0.717, 1.165) is 0 Å². The molecule has 88 valence electrons. The first kappa shape index (κ1) is 13.5. The molecule has 0 bridgehead atoms. The van der Waals surface area contributed by atoms with Gasteiger partial charge in [-0.1, -0.05) is 0 Å². The third kappa shape index (κ3) is 8.78. The van der Waals surface area contributed by atoms with Gasteiger partial charge in [-0.2, -0.15) is 0 Å². The summed E-state index contributed by atoms with van der Waals surface area (Å²) < 4.78 is 0. The number of carbonyl (C=O) groups excluding carboxylic acids is 2. The molecule has 0 aliphatic rings. The van der Waals surface area contributed by atoms with Crippen LogP contribution in [-0.4, -0.2) is 56.9 Å². The molecule has 0 fully saturated rings. The van der Waals surface area contributed by atoms with Crippen LogP contribution in [0.25, 0.3) is 0 Å². The third-order valence-corrected chi connectivity index (χ3v) is 1.15. The van der Waals surface area contributed by atoms with Crippen molar-refractivity contribution in [3.8, 4) is 0 Å². The summed E-state index contributed by atoms with van der Waals surface area (Å²) in [6.45, 7) is 0.0549. The Kier molecular flexibility index (Phi) is 6.14. The highest BCUT2D eigenvalue weighted by atomic mass is 16.2. The number of rotatable bonds is 4. The van der Waals surface area contributed by atoms with Gasteiger partial charge in [-0.15, -0.1) is 0 Å². The smallest absolute Gasteiger partial charge is 0.320 e. The zero-order valence-corrected chi connectivity index (χ0v) is 9.42. The minimum atomic E-state index is -0.384. The van der Waals surface area contributed by atoms with Crippen LogP contribution in [0, 0.1) is 0 Å². The van der Waals surface area contributed by atoms with Gasteiger partial charge in [0.1, 0.15) is 0 Å². The maximum Gasteiger partial charge on any atom is 0.330 e. The maximum absolute atomic E-state index is 11.0. The molecular formula is C7H18N6O2. The molecule has 8 heteroatoms. The van der Waals surface area contributed by atoms with Crippen molar-refractivity contribution in [1.29, 1.82) is 0 Å². The van der Waals surface area contributed by atoms with Crippen molar-refractivity contribution in [1.82, 2.24) is 31.5 Å². The monoisotopic (exact) mass is 218 g/mol. The number of hydrazine groups is 2. The Labute approximate surface area is 88.9 Å². The molecule has 0 rings (SSSR count). The van der Waals surface area contributed by atoms with Crippen LogP contribution in [-0.2, 0) is 0 Å². The SMILES string of the molecule is CN(C)NC(=O)NCNC(=O)NN(C)C. The van der Waals surface area contributed by atoms with Crippen molar-refractivity contribution in [2.75, 3.05) is 34.9 Å². The van der Waals surface area contributed by atoms with Gasteiger partial charge in [0.25, 0.3) is 0 Å². The number of nitrogens with zero attached hydrogens (tertiary/aromatic N) is 2. The molecule has 0 unspecified atom stereocenters. The number of nitrogens with one attached hydrogen (secondary N) is 4. The molecule has 0 atom stereocenters. The molecule has 0 aromatic heterocycles. The van der Waals surface area contributed by atoms with Gasteiger partial charge in [0, 0.05) is 28.2 Å². The fourth-order valence-electron chi connectivity index (χ4n) is 0.690. The number of carbonyl (C=O) groups is 2. The third-order valence-electron chi connectivity index (χ3n) is 1.15. The van der Waals surface area contributed by atoms with Crippen molar-refractivity contribution in [2.24, 2.45) is 0 Å². The zero-order valence-electron chi connectivity index (χ0n) is 9.42. The first-order chi connectivity index (χ1) is 6.91. The Morgan fingerprint density at radius 3 is 1.47 bits per heavy atom. The van der Waals surface area contributed by atoms with E-state index in [1.54, 1.807) is 28.2 Å². The van der Waals surface area contributed by atoms with Crippen molar-refractivity contribution in [3.05, 3.63) is 0 Å². The van der Waals surface area contributed by atoms with Crippen LogP contribution in [0.4, 0.5) is 9.59 Å². The molecular weight excluding hydrogens is 200 g/mol. The minimum absolute atomic E-state index is 0.0549. The Morgan fingerprint density at radius 2 is 1.20 bits per heavy atom. The fourth-order valence-corrected chi connectivity index (χ4v) is 0.690. The topological polar surface area (TPSA) is 88.7 Å². The normalized spacial score (nSPS) is 10.0. The lowest BCUT2D eigenvalue weighted by Crippen LogP contribution is -2.50. The summed E-state index contributed by atoms with van der Waals surface area (Å²) in [7, 11) is 6.75. The van der Waals surface area contributed by atoms with Crippen LogP contribution < -0.4 is 21.5 Å². The van der Waals surface area contributed by atoms with Gasteiger partial charge in [0.15, 0.2) is 0 Å². The molecule has 0 radical (unpaired) electrons. The molecule has 0 spiro atoms. The van der Waals surface area contributed by atoms with Gasteiger partial charge < -0.3 is 10.6 Å². The second-order valence-corrected chi connectivity index (χ2v) is 3.20. The van der Waals surface area contributed by atoms with Gasteiger partial charge in [0.2, 0.25) is 0 Å². The highest BCUT2D eigenvalue weighted by Gasteiger charge is 2.02. The summed E-state index contributed by atoms with van der Waals surface area (Å²) in [5.41, 5.74) is 4.92. The molecule has 0 saturated heterocycles. The molecule has 8 nitrogen and oxygen atoms in total. The standard InChI is InChI=1S/C7H18N6O2/c1-12(2)10-6(14)8-5-9-7(15)11-13(3)4/h5H2,1-4H3,(H2,8,10,14)(H2,9,11,15). The second kappa shape index (κ2) is 6.85. The predicted octanol–water partition coefficient (Wildman–Crippen LogP) is -1.50. The molecule has 0 aromatic carbocycles. The molecule has 0 aliphatic carbocycles. The lowest BCUT2D eigenvalue weighted by molar-refractivity contribution is 0.205. The largest absolute Gasteiger partial charge is 0.330 e. The number of urea groups is 2. The van der Waals surface area contributed by atoms with E-state index in [9.17, 15) is 9.59 Å². The van der Waals surface area contributed by atoms with Gasteiger partial charge in [-0.05, 0) is 0 Å². The summed E-state index contributed by atoms with van der Waals surface area (Å²) in [6.07, 6.45) is 0. The summed E-state index contributed by atoms with van der Waals surface area (Å²) in [5.74, 6) is 0. The first-order valence-electron chi connectivity index (χ1n) is 4.35. The van der Waals surface area contributed by atoms with E-state index in [1.807, 2.05) is 0 Å². The molecule has 15 heavy (non-hydrogen) atoms. The highest BCUT2D eigenvalue weighted by molar-refractivity contribution is 5.75. The summed E-state index contributed by atoms with van der Waals surface area (Å²) >= 11 is 0. The average molecular weight is 218 g/mol. The Bertz CT molecular complexity index is 196. The van der Waals surface area contributed by atoms with Crippen LogP contribution in [0.2, 0.25) is 0 Å². The summed E-state index contributed by atoms with van der Waals surface area (Å²) in [5, 5.41) is 7.86. The van der Waals surface area contributed by atoms with Gasteiger partial charge in [-0.25, -0.2) is 19.6 Å². The van der Waals surface area contributed by atoms with E-state index in [4.69, 9.17) is 0 Å². The number of hydrogen-bond donors (Lipinski definition) is 4. The number of hydrogen-bond acceptors (Lipinski definition) is 4. The van der Waals surface area contributed by atoms with Crippen molar-refractivity contribution >= 4 is 12.1 Å².